The van der Waals surface area contributed by atoms with Gasteiger partial charge in [0.15, 0.2) is 0 Å². The highest BCUT2D eigenvalue weighted by atomic mass is 32.2. The molecule has 0 radical (unpaired) electrons. The van der Waals surface area contributed by atoms with Crippen LogP contribution in [0.3, 0.4) is 0 Å². The molecule has 0 N–H and O–H groups in total. The van der Waals surface area contributed by atoms with Crippen LogP contribution < -0.4 is 0 Å². The predicted molar refractivity (Wildman–Crippen MR) is 107 cm³/mol. The van der Waals surface area contributed by atoms with Crippen LogP contribution in [0.15, 0.2) is 59.5 Å². The summed E-state index contributed by atoms with van der Waals surface area (Å²) in [5.41, 5.74) is 2.61. The van der Waals surface area contributed by atoms with Gasteiger partial charge in [-0.25, -0.2) is 13.4 Å². The Morgan fingerprint density at radius 3 is 2.59 bits per heavy atom. The zero-order valence-corrected chi connectivity index (χ0v) is 15.9. The molecule has 0 bridgehead atoms. The second-order valence-corrected chi connectivity index (χ2v) is 8.04. The van der Waals surface area contributed by atoms with Crippen LogP contribution in [0.4, 0.5) is 5.82 Å². The minimum Gasteiger partial charge on any atom is -0.372 e. The van der Waals surface area contributed by atoms with Gasteiger partial charge in [0.2, 0.25) is 10.0 Å². The summed E-state index contributed by atoms with van der Waals surface area (Å²) in [6.45, 7) is 4.69. The van der Waals surface area contributed by atoms with E-state index in [9.17, 15) is 8.42 Å². The number of aryl methyl sites for hydroxylation is 2. The zero-order chi connectivity index (χ0) is 19.0. The van der Waals surface area contributed by atoms with E-state index in [-0.39, 0.29) is 10.7 Å². The summed E-state index contributed by atoms with van der Waals surface area (Å²) in [5, 5.41) is 6.03. The molecule has 0 unspecified atom stereocenters. The molecule has 0 fully saturated rings. The maximum absolute atomic E-state index is 12.7. The van der Waals surface area contributed by atoms with Gasteiger partial charge in [0.1, 0.15) is 5.65 Å². The lowest BCUT2D eigenvalue weighted by Crippen LogP contribution is -2.01. The molecule has 2 aromatic carbocycles. The van der Waals surface area contributed by atoms with Crippen molar-refractivity contribution in [1.29, 1.82) is 0 Å². The molecule has 0 aliphatic heterocycles. The van der Waals surface area contributed by atoms with E-state index >= 15 is 0 Å². The number of benzene rings is 2. The summed E-state index contributed by atoms with van der Waals surface area (Å²) in [6.07, 6.45) is 0.856. The second-order valence-electron chi connectivity index (χ2n) is 6.43. The number of pyridine rings is 1. The smallest absolute Gasteiger partial charge is 0.202 e. The van der Waals surface area contributed by atoms with Gasteiger partial charge in [-0.3, -0.25) is 0 Å². The summed E-state index contributed by atoms with van der Waals surface area (Å²) >= 11 is 0. The first-order valence-electron chi connectivity index (χ1n) is 8.79. The zero-order valence-electron chi connectivity index (χ0n) is 15.1. The lowest BCUT2D eigenvalue weighted by molar-refractivity contribution is 0.602. The van der Waals surface area contributed by atoms with Crippen molar-refractivity contribution in [1.82, 2.24) is 14.8 Å². The Labute approximate surface area is 157 Å². The molecule has 0 saturated carbocycles. The molecule has 6 nitrogen and oxygen atoms in total. The van der Waals surface area contributed by atoms with Crippen LogP contribution >= 0.6 is 0 Å². The summed E-state index contributed by atoms with van der Waals surface area (Å²) in [5.74, 6) is 0.179. The average molecular weight is 379 g/mol. The molecule has 0 atom stereocenters. The Hall–Kier alpha value is -2.93. The first kappa shape index (κ1) is 17.5. The molecule has 4 aromatic rings. The monoisotopic (exact) mass is 379 g/mol. The summed E-state index contributed by atoms with van der Waals surface area (Å²) in [6, 6.07) is 16.0. The Balaban J connectivity index is 1.90. The molecular weight excluding hydrogens is 360 g/mol. The van der Waals surface area contributed by atoms with Gasteiger partial charge in [-0.1, -0.05) is 43.3 Å². The fourth-order valence-corrected chi connectivity index (χ4v) is 4.08. The van der Waals surface area contributed by atoms with E-state index in [0.717, 1.165) is 22.9 Å². The lowest BCUT2D eigenvalue weighted by Gasteiger charge is -2.13. The van der Waals surface area contributed by atoms with Crippen molar-refractivity contribution in [3.05, 3.63) is 64.9 Å². The highest BCUT2D eigenvalue weighted by Crippen LogP contribution is 2.35. The summed E-state index contributed by atoms with van der Waals surface area (Å²) in [4.78, 5) is 4.91. The Morgan fingerprint density at radius 2 is 1.85 bits per heavy atom. The molecule has 138 valence electrons. The van der Waals surface area contributed by atoms with Crippen molar-refractivity contribution in [3.63, 3.8) is 0 Å². The third-order valence-corrected chi connectivity index (χ3v) is 5.69. The van der Waals surface area contributed by atoms with Crippen LogP contribution in [0, 0.1) is 6.92 Å². The van der Waals surface area contributed by atoms with Gasteiger partial charge < -0.3 is 14.5 Å². The molecule has 2 heterocycles. The molecule has 0 spiro atoms. The van der Waals surface area contributed by atoms with Crippen molar-refractivity contribution in [2.24, 2.45) is 0 Å². The van der Waals surface area contributed by atoms with Gasteiger partial charge in [-0.15, -0.1) is 0 Å². The van der Waals surface area contributed by atoms with E-state index in [4.69, 9.17) is 4.98 Å². The van der Waals surface area contributed by atoms with Gasteiger partial charge >= 0.3 is 0 Å². The van der Waals surface area contributed by atoms with Crippen molar-refractivity contribution in [3.8, 4) is 0 Å². The van der Waals surface area contributed by atoms with Gasteiger partial charge in [-0.05, 0) is 42.9 Å². The molecule has 7 heteroatoms. The first-order chi connectivity index (χ1) is 13.0. The third kappa shape index (κ3) is 3.14. The van der Waals surface area contributed by atoms with E-state index in [2.05, 4.69) is 9.82 Å². The highest BCUT2D eigenvalue weighted by Gasteiger charge is 2.13. The molecule has 0 aliphatic carbocycles. The van der Waals surface area contributed by atoms with Crippen molar-refractivity contribution in [2.75, 3.05) is 0 Å². The number of hydrogen-bond acceptors (Lipinski definition) is 4. The minimum atomic E-state index is -3.85. The maximum atomic E-state index is 12.7. The molecule has 4 rings (SSSR count). The lowest BCUT2D eigenvalue weighted by atomic mass is 10.1. The largest absolute Gasteiger partial charge is 0.372 e. The van der Waals surface area contributed by atoms with Crippen LogP contribution in [-0.2, 0) is 16.6 Å². The molecule has 0 saturated heterocycles. The minimum absolute atomic E-state index is 0.146. The van der Waals surface area contributed by atoms with E-state index in [1.165, 1.54) is 12.1 Å². The van der Waals surface area contributed by atoms with Crippen LogP contribution in [0.2, 0.25) is 0 Å². The van der Waals surface area contributed by atoms with Gasteiger partial charge in [0.05, 0.1) is 10.4 Å². The Kier molecular flexibility index (Phi) is 4.31. The average Bonchev–Trinajstić information content (AvgIpc) is 2.98. The molecule has 0 amide bonds. The SMILES string of the molecule is CCCn1nc([N-]S(=O)(=O)c2ccccc2)c2cc3cccc(C)c3nc21. The fourth-order valence-electron chi connectivity index (χ4n) is 3.11. The van der Waals surface area contributed by atoms with E-state index in [0.29, 0.717) is 17.6 Å². The molecule has 0 aliphatic rings. The Bertz CT molecular complexity index is 1230. The molecule has 27 heavy (non-hydrogen) atoms. The van der Waals surface area contributed by atoms with E-state index in [1.54, 1.807) is 22.9 Å². The van der Waals surface area contributed by atoms with Gasteiger partial charge in [-0.2, -0.15) is 0 Å². The van der Waals surface area contributed by atoms with Crippen molar-refractivity contribution >= 4 is 37.8 Å². The van der Waals surface area contributed by atoms with Crippen LogP contribution in [-0.4, -0.2) is 23.2 Å². The fraction of sp³-hybridized carbons (Fsp3) is 0.200. The molecular formula is C20H19N4O2S-. The normalized spacial score (nSPS) is 11.9. The van der Waals surface area contributed by atoms with Crippen LogP contribution in [0.25, 0.3) is 26.7 Å². The Morgan fingerprint density at radius 1 is 1.07 bits per heavy atom. The van der Waals surface area contributed by atoms with Gasteiger partial charge in [0.25, 0.3) is 0 Å². The number of rotatable bonds is 5. The summed E-state index contributed by atoms with van der Waals surface area (Å²) < 4.78 is 31.1. The predicted octanol–water partition coefficient (Wildman–Crippen LogP) is 4.70. The highest BCUT2D eigenvalue weighted by molar-refractivity contribution is 7.94. The van der Waals surface area contributed by atoms with E-state index < -0.39 is 10.0 Å². The van der Waals surface area contributed by atoms with Gasteiger partial charge in [0, 0.05) is 17.3 Å². The number of fused-ring (bicyclic) bond motifs is 2. The number of para-hydroxylation sites is 1. The van der Waals surface area contributed by atoms with E-state index in [1.807, 2.05) is 38.1 Å². The molecule has 2 aromatic heterocycles. The second kappa shape index (κ2) is 6.66. The third-order valence-electron chi connectivity index (χ3n) is 4.41. The maximum Gasteiger partial charge on any atom is 0.202 e. The van der Waals surface area contributed by atoms with Crippen LogP contribution in [0.5, 0.6) is 0 Å². The number of sulfonamides is 1. The van der Waals surface area contributed by atoms with Crippen molar-refractivity contribution < 1.29 is 8.42 Å². The topological polar surface area (TPSA) is 79.0 Å². The van der Waals surface area contributed by atoms with Crippen LogP contribution in [0.1, 0.15) is 18.9 Å². The first-order valence-corrected chi connectivity index (χ1v) is 10.2. The summed E-state index contributed by atoms with van der Waals surface area (Å²) in [7, 11) is -3.85. The quantitative estimate of drug-likeness (QED) is 0.503. The van der Waals surface area contributed by atoms with Crippen molar-refractivity contribution in [2.45, 2.75) is 31.7 Å². The standard InChI is InChI=1S/C20H19N4O2S/c1-3-12-24-20-17(13-15-9-7-8-14(2)18(15)21-20)19(22-24)23-27(25,26)16-10-5-4-6-11-16/h4-11,13H,3,12H2,1-2H3/q-1. The number of aromatic nitrogens is 3. The number of hydrogen-bond donors (Lipinski definition) is 0. The number of nitrogens with zero attached hydrogens (tertiary/aromatic N) is 4.